The van der Waals surface area contributed by atoms with Crippen LogP contribution in [0.3, 0.4) is 0 Å². The molecule has 0 saturated carbocycles. The molecule has 0 fully saturated rings. The van der Waals surface area contributed by atoms with Crippen molar-refractivity contribution in [2.75, 3.05) is 5.32 Å². The minimum atomic E-state index is 0. The van der Waals surface area contributed by atoms with Crippen LogP contribution in [0, 0.1) is 0 Å². The topological polar surface area (TPSA) is 76.4 Å². The third kappa shape index (κ3) is 4.84. The molecule has 0 bridgehead atoms. The van der Waals surface area contributed by atoms with Crippen LogP contribution in [0.4, 0.5) is 5.69 Å². The zero-order chi connectivity index (χ0) is 13.7. The van der Waals surface area contributed by atoms with Gasteiger partial charge in [0.2, 0.25) is 0 Å². The van der Waals surface area contributed by atoms with Crippen LogP contribution in [0.25, 0.3) is 0 Å². The monoisotopic (exact) mass is 386 g/mol. The second kappa shape index (κ2) is 7.88. The molecule has 2 rings (SSSR count). The fourth-order valence-electron chi connectivity index (χ4n) is 1.65. The highest BCUT2D eigenvalue weighted by Gasteiger charge is 2.01. The predicted molar refractivity (Wildman–Crippen MR) is 91.4 cm³/mol. The van der Waals surface area contributed by atoms with Gasteiger partial charge in [0, 0.05) is 11.8 Å². The van der Waals surface area contributed by atoms with Gasteiger partial charge in [-0.25, -0.2) is 4.99 Å². The molecule has 6 heteroatoms. The standard InChI is InChI=1S/C14H18N4O.HI/c1-10(2)11-4-3-5-12(8-11)17-14(15)16-9-13-6-7-19-18-13;/h3-8,10H,9H2,1-2H3,(H3,15,16,17);1H. The Morgan fingerprint density at radius 1 is 1.40 bits per heavy atom. The maximum Gasteiger partial charge on any atom is 0.193 e. The average molecular weight is 386 g/mol. The number of aromatic nitrogens is 1. The van der Waals surface area contributed by atoms with E-state index >= 15 is 0 Å². The number of nitrogens with two attached hydrogens (primary N) is 1. The van der Waals surface area contributed by atoms with Crippen molar-refractivity contribution in [3.05, 3.63) is 47.9 Å². The van der Waals surface area contributed by atoms with E-state index < -0.39 is 0 Å². The van der Waals surface area contributed by atoms with E-state index in [0.717, 1.165) is 11.4 Å². The van der Waals surface area contributed by atoms with Crippen LogP contribution in [0.5, 0.6) is 0 Å². The molecule has 0 radical (unpaired) electrons. The molecular weight excluding hydrogens is 367 g/mol. The Morgan fingerprint density at radius 3 is 2.85 bits per heavy atom. The van der Waals surface area contributed by atoms with Crippen LogP contribution < -0.4 is 11.1 Å². The molecular formula is C14H19IN4O. The molecule has 0 aliphatic heterocycles. The van der Waals surface area contributed by atoms with E-state index in [0.29, 0.717) is 18.4 Å². The van der Waals surface area contributed by atoms with Gasteiger partial charge in [0.15, 0.2) is 5.96 Å². The molecule has 0 aliphatic carbocycles. The lowest BCUT2D eigenvalue weighted by Crippen LogP contribution is -2.22. The second-order valence-corrected chi connectivity index (χ2v) is 4.60. The van der Waals surface area contributed by atoms with Gasteiger partial charge in [-0.3, -0.25) is 0 Å². The first-order valence-corrected chi connectivity index (χ1v) is 6.21. The molecule has 0 atom stereocenters. The highest BCUT2D eigenvalue weighted by molar-refractivity contribution is 14.0. The Balaban J connectivity index is 0.00000200. The van der Waals surface area contributed by atoms with Crippen molar-refractivity contribution in [2.24, 2.45) is 10.7 Å². The number of hydrogen-bond acceptors (Lipinski definition) is 3. The first-order chi connectivity index (χ1) is 9.15. The fraction of sp³-hybridized carbons (Fsp3) is 0.286. The third-order valence-corrected chi connectivity index (χ3v) is 2.73. The van der Waals surface area contributed by atoms with Gasteiger partial charge >= 0.3 is 0 Å². The highest BCUT2D eigenvalue weighted by Crippen LogP contribution is 2.18. The van der Waals surface area contributed by atoms with Crippen molar-refractivity contribution in [3.8, 4) is 0 Å². The van der Waals surface area contributed by atoms with E-state index in [9.17, 15) is 0 Å². The molecule has 20 heavy (non-hydrogen) atoms. The zero-order valence-corrected chi connectivity index (χ0v) is 13.9. The number of hydrogen-bond donors (Lipinski definition) is 2. The van der Waals surface area contributed by atoms with Gasteiger partial charge in [-0.05, 0) is 23.6 Å². The van der Waals surface area contributed by atoms with Crippen LogP contribution in [0.1, 0.15) is 31.0 Å². The molecule has 0 saturated heterocycles. The van der Waals surface area contributed by atoms with Crippen molar-refractivity contribution in [1.82, 2.24) is 5.16 Å². The van der Waals surface area contributed by atoms with Crippen LogP contribution in [0.2, 0.25) is 0 Å². The summed E-state index contributed by atoms with van der Waals surface area (Å²) in [5, 5.41) is 6.84. The Hall–Kier alpha value is -1.57. The van der Waals surface area contributed by atoms with Gasteiger partial charge in [-0.2, -0.15) is 0 Å². The third-order valence-electron chi connectivity index (χ3n) is 2.73. The van der Waals surface area contributed by atoms with Gasteiger partial charge in [-0.15, -0.1) is 24.0 Å². The number of halogens is 1. The molecule has 2 aromatic rings. The molecule has 1 aromatic carbocycles. The van der Waals surface area contributed by atoms with E-state index in [4.69, 9.17) is 10.3 Å². The molecule has 1 aromatic heterocycles. The van der Waals surface area contributed by atoms with Crippen molar-refractivity contribution in [1.29, 1.82) is 0 Å². The van der Waals surface area contributed by atoms with Gasteiger partial charge in [0.25, 0.3) is 0 Å². The Kier molecular flexibility index (Phi) is 6.50. The molecule has 3 N–H and O–H groups in total. The number of nitrogens with zero attached hydrogens (tertiary/aromatic N) is 2. The first kappa shape index (κ1) is 16.5. The number of benzene rings is 1. The number of rotatable bonds is 4. The van der Waals surface area contributed by atoms with Crippen LogP contribution in [-0.2, 0) is 6.54 Å². The maximum atomic E-state index is 5.83. The molecule has 0 unspecified atom stereocenters. The lowest BCUT2D eigenvalue weighted by molar-refractivity contribution is 0.412. The van der Waals surface area contributed by atoms with Crippen molar-refractivity contribution < 1.29 is 4.52 Å². The van der Waals surface area contributed by atoms with Gasteiger partial charge in [0.05, 0.1) is 6.54 Å². The Bertz CT molecular complexity index is 552. The number of nitrogens with one attached hydrogen (secondary N) is 1. The summed E-state index contributed by atoms with van der Waals surface area (Å²) in [6.07, 6.45) is 1.51. The van der Waals surface area contributed by atoms with Crippen molar-refractivity contribution in [2.45, 2.75) is 26.3 Å². The molecule has 1 heterocycles. The van der Waals surface area contributed by atoms with E-state index in [1.54, 1.807) is 6.07 Å². The maximum absolute atomic E-state index is 5.83. The summed E-state index contributed by atoms with van der Waals surface area (Å²) in [6.45, 7) is 4.71. The SMILES string of the molecule is CC(C)c1cccc(NC(N)=NCc2ccon2)c1.I. The Morgan fingerprint density at radius 2 is 2.20 bits per heavy atom. The van der Waals surface area contributed by atoms with E-state index in [1.165, 1.54) is 11.8 Å². The summed E-state index contributed by atoms with van der Waals surface area (Å²) in [5.74, 6) is 0.846. The summed E-state index contributed by atoms with van der Waals surface area (Å²) in [7, 11) is 0. The molecule has 0 spiro atoms. The van der Waals surface area contributed by atoms with Crippen LogP contribution in [-0.4, -0.2) is 11.1 Å². The van der Waals surface area contributed by atoms with Crippen molar-refractivity contribution in [3.63, 3.8) is 0 Å². The quantitative estimate of drug-likeness (QED) is 0.480. The number of aliphatic imine (C=N–C) groups is 1. The van der Waals surface area contributed by atoms with Crippen molar-refractivity contribution >= 4 is 35.6 Å². The predicted octanol–water partition coefficient (Wildman–Crippen LogP) is 3.34. The smallest absolute Gasteiger partial charge is 0.193 e. The summed E-state index contributed by atoms with van der Waals surface area (Å²) in [4.78, 5) is 4.20. The van der Waals surface area contributed by atoms with Crippen LogP contribution >= 0.6 is 24.0 Å². The Labute approximate surface area is 135 Å². The van der Waals surface area contributed by atoms with Crippen LogP contribution in [0.15, 0.2) is 46.1 Å². The first-order valence-electron chi connectivity index (χ1n) is 6.21. The normalized spacial score (nSPS) is 11.2. The number of anilines is 1. The summed E-state index contributed by atoms with van der Waals surface area (Å²) < 4.78 is 4.73. The highest BCUT2D eigenvalue weighted by atomic mass is 127. The summed E-state index contributed by atoms with van der Waals surface area (Å²) in [6, 6.07) is 9.89. The van der Waals surface area contributed by atoms with Gasteiger partial charge in [0.1, 0.15) is 12.0 Å². The lowest BCUT2D eigenvalue weighted by atomic mass is 10.0. The van der Waals surface area contributed by atoms with Gasteiger partial charge < -0.3 is 15.6 Å². The minimum absolute atomic E-state index is 0. The summed E-state index contributed by atoms with van der Waals surface area (Å²) in [5.41, 5.74) is 8.78. The fourth-order valence-corrected chi connectivity index (χ4v) is 1.65. The second-order valence-electron chi connectivity index (χ2n) is 4.60. The molecule has 0 amide bonds. The molecule has 108 valence electrons. The minimum Gasteiger partial charge on any atom is -0.370 e. The van der Waals surface area contributed by atoms with E-state index in [2.05, 4.69) is 41.4 Å². The summed E-state index contributed by atoms with van der Waals surface area (Å²) >= 11 is 0. The van der Waals surface area contributed by atoms with E-state index in [-0.39, 0.29) is 24.0 Å². The lowest BCUT2D eigenvalue weighted by Gasteiger charge is -2.09. The number of guanidine groups is 1. The molecule has 0 aliphatic rings. The van der Waals surface area contributed by atoms with E-state index in [1.807, 2.05) is 12.1 Å². The zero-order valence-electron chi connectivity index (χ0n) is 11.5. The largest absolute Gasteiger partial charge is 0.370 e. The average Bonchev–Trinajstić information content (AvgIpc) is 2.90. The molecule has 5 nitrogen and oxygen atoms in total. The van der Waals surface area contributed by atoms with Gasteiger partial charge in [-0.1, -0.05) is 31.1 Å².